The van der Waals surface area contributed by atoms with Crippen molar-refractivity contribution in [1.29, 1.82) is 0 Å². The Bertz CT molecular complexity index is 771. The summed E-state index contributed by atoms with van der Waals surface area (Å²) < 4.78 is 57.5. The van der Waals surface area contributed by atoms with Crippen LogP contribution in [0.15, 0.2) is 15.9 Å². The summed E-state index contributed by atoms with van der Waals surface area (Å²) in [4.78, 5) is 20.7. The predicted molar refractivity (Wildman–Crippen MR) is 79.3 cm³/mol. The molecule has 0 aliphatic carbocycles. The molecule has 0 amide bonds. The van der Waals surface area contributed by atoms with Crippen LogP contribution in [0.25, 0.3) is 0 Å². The van der Waals surface area contributed by atoms with Crippen molar-refractivity contribution >= 4 is 10.8 Å². The Hall–Kier alpha value is -1.88. The van der Waals surface area contributed by atoms with Crippen LogP contribution in [0.3, 0.4) is 0 Å². The number of hydrogen-bond donors (Lipinski definition) is 1. The summed E-state index contributed by atoms with van der Waals surface area (Å²) in [5.74, 6) is -0.656. The fourth-order valence-corrected chi connectivity index (χ4v) is 3.28. The first-order valence-electron chi connectivity index (χ1n) is 6.72. The molecule has 1 aromatic heterocycles. The quantitative estimate of drug-likeness (QED) is 0.862. The number of nitrogens with zero attached hydrogens (tertiary/aromatic N) is 2. The Morgan fingerprint density at radius 3 is 2.54 bits per heavy atom. The molecule has 7 nitrogen and oxygen atoms in total. The van der Waals surface area contributed by atoms with Crippen LogP contribution in [-0.4, -0.2) is 26.5 Å². The lowest BCUT2D eigenvalue weighted by Crippen LogP contribution is -2.30. The molecule has 0 bridgehead atoms. The molecule has 0 aromatic carbocycles. The molecule has 1 aromatic rings. The standard InChI is InChI=1S/C13H16F3N3O4S/c1-12(2)5-8(18-23-12)24(21)6-7-9(13(14,15)16)17-11(22-4)19(3)10(7)20/h5,18H,6H2,1-4H3. The van der Waals surface area contributed by atoms with Crippen molar-refractivity contribution in [3.05, 3.63) is 32.7 Å². The van der Waals surface area contributed by atoms with Crippen molar-refractivity contribution in [1.82, 2.24) is 15.0 Å². The zero-order valence-electron chi connectivity index (χ0n) is 13.4. The highest BCUT2D eigenvalue weighted by Crippen LogP contribution is 2.31. The number of halogens is 3. The van der Waals surface area contributed by atoms with Crippen LogP contribution < -0.4 is 15.8 Å². The number of hydroxylamine groups is 1. The highest BCUT2D eigenvalue weighted by atomic mass is 32.2. The van der Waals surface area contributed by atoms with E-state index in [9.17, 15) is 22.2 Å². The molecule has 1 aliphatic rings. The van der Waals surface area contributed by atoms with Gasteiger partial charge in [-0.2, -0.15) is 18.2 Å². The van der Waals surface area contributed by atoms with Gasteiger partial charge >= 0.3 is 6.18 Å². The molecular formula is C13H16F3N3O4S. The second-order valence-corrected chi connectivity index (χ2v) is 7.01. The van der Waals surface area contributed by atoms with E-state index in [4.69, 9.17) is 4.84 Å². The van der Waals surface area contributed by atoms with Gasteiger partial charge in [0.05, 0.1) is 29.2 Å². The normalized spacial score (nSPS) is 18.0. The smallest absolute Gasteiger partial charge is 0.434 e. The Morgan fingerprint density at radius 2 is 2.08 bits per heavy atom. The Labute approximate surface area is 137 Å². The minimum atomic E-state index is -4.88. The van der Waals surface area contributed by atoms with E-state index in [0.29, 0.717) is 0 Å². The van der Waals surface area contributed by atoms with Gasteiger partial charge in [0.25, 0.3) is 11.6 Å². The van der Waals surface area contributed by atoms with Crippen LogP contribution in [0.1, 0.15) is 25.1 Å². The molecule has 2 heterocycles. The van der Waals surface area contributed by atoms with Gasteiger partial charge in [0.1, 0.15) is 10.6 Å². The number of rotatable bonds is 4. The predicted octanol–water partition coefficient (Wildman–Crippen LogP) is 1.21. The summed E-state index contributed by atoms with van der Waals surface area (Å²) in [5, 5.41) is 0.103. The fourth-order valence-electron chi connectivity index (χ4n) is 2.05. The SMILES string of the molecule is COc1nc(C(F)(F)F)c(CS(=O)C2=CC(C)(C)ON2)c(=O)n1C. The lowest BCUT2D eigenvalue weighted by atomic mass is 10.1. The van der Waals surface area contributed by atoms with Gasteiger partial charge in [-0.1, -0.05) is 0 Å². The molecule has 1 atom stereocenters. The van der Waals surface area contributed by atoms with Crippen molar-refractivity contribution in [3.63, 3.8) is 0 Å². The minimum absolute atomic E-state index is 0.103. The maximum Gasteiger partial charge on any atom is 0.434 e. The molecule has 11 heteroatoms. The van der Waals surface area contributed by atoms with Gasteiger partial charge in [0.15, 0.2) is 5.69 Å². The maximum absolute atomic E-state index is 13.2. The minimum Gasteiger partial charge on any atom is -0.468 e. The summed E-state index contributed by atoms with van der Waals surface area (Å²) in [6, 6.07) is -0.482. The van der Waals surface area contributed by atoms with Gasteiger partial charge in [-0.25, -0.2) is 0 Å². The first-order chi connectivity index (χ1) is 11.0. The average molecular weight is 367 g/mol. The molecule has 1 unspecified atom stereocenters. The van der Waals surface area contributed by atoms with E-state index in [-0.39, 0.29) is 5.03 Å². The van der Waals surface area contributed by atoms with Gasteiger partial charge in [0, 0.05) is 7.05 Å². The molecular weight excluding hydrogens is 351 g/mol. The van der Waals surface area contributed by atoms with Gasteiger partial charge < -0.3 is 4.74 Å². The van der Waals surface area contributed by atoms with E-state index in [1.807, 2.05) is 0 Å². The molecule has 24 heavy (non-hydrogen) atoms. The van der Waals surface area contributed by atoms with E-state index in [2.05, 4.69) is 15.2 Å². The van der Waals surface area contributed by atoms with Crippen molar-refractivity contribution in [2.45, 2.75) is 31.4 Å². The molecule has 0 radical (unpaired) electrons. The Balaban J connectivity index is 2.48. The molecule has 0 saturated heterocycles. The zero-order valence-corrected chi connectivity index (χ0v) is 14.2. The topological polar surface area (TPSA) is 82.5 Å². The largest absolute Gasteiger partial charge is 0.468 e. The van der Waals surface area contributed by atoms with Crippen molar-refractivity contribution in [2.24, 2.45) is 7.05 Å². The zero-order chi connectivity index (χ0) is 18.3. The number of methoxy groups -OCH3 is 1. The van der Waals surface area contributed by atoms with Crippen molar-refractivity contribution < 1.29 is 27.0 Å². The number of hydrogen-bond acceptors (Lipinski definition) is 6. The summed E-state index contributed by atoms with van der Waals surface area (Å²) >= 11 is 0. The van der Waals surface area contributed by atoms with E-state index < -0.39 is 51.2 Å². The van der Waals surface area contributed by atoms with Crippen LogP contribution in [0.2, 0.25) is 0 Å². The summed E-state index contributed by atoms with van der Waals surface area (Å²) in [6.07, 6.45) is -3.40. The molecule has 0 spiro atoms. The summed E-state index contributed by atoms with van der Waals surface area (Å²) in [7, 11) is 0.392. The first kappa shape index (κ1) is 18.5. The summed E-state index contributed by atoms with van der Waals surface area (Å²) in [5.41, 5.74) is -1.42. The molecule has 0 saturated carbocycles. The van der Waals surface area contributed by atoms with Crippen molar-refractivity contribution in [2.75, 3.05) is 7.11 Å². The molecule has 1 aliphatic heterocycles. The van der Waals surface area contributed by atoms with E-state index >= 15 is 0 Å². The second kappa shape index (κ2) is 6.20. The van der Waals surface area contributed by atoms with Crippen LogP contribution in [0.5, 0.6) is 6.01 Å². The summed E-state index contributed by atoms with van der Waals surface area (Å²) in [6.45, 7) is 3.36. The van der Waals surface area contributed by atoms with Crippen LogP contribution in [0.4, 0.5) is 13.2 Å². The van der Waals surface area contributed by atoms with Crippen LogP contribution in [-0.2, 0) is 34.6 Å². The Morgan fingerprint density at radius 1 is 1.46 bits per heavy atom. The van der Waals surface area contributed by atoms with Crippen LogP contribution >= 0.6 is 0 Å². The first-order valence-corrected chi connectivity index (χ1v) is 8.04. The second-order valence-electron chi connectivity index (χ2n) is 5.59. The highest BCUT2D eigenvalue weighted by molar-refractivity contribution is 7.88. The molecule has 0 fully saturated rings. The lowest BCUT2D eigenvalue weighted by molar-refractivity contribution is -0.142. The highest BCUT2D eigenvalue weighted by Gasteiger charge is 2.39. The van der Waals surface area contributed by atoms with Crippen LogP contribution in [0, 0.1) is 0 Å². The van der Waals surface area contributed by atoms with Gasteiger partial charge in [-0.05, 0) is 19.9 Å². The Kier molecular flexibility index (Phi) is 4.77. The fraction of sp³-hybridized carbons (Fsp3) is 0.538. The van der Waals surface area contributed by atoms with Gasteiger partial charge in [-0.15, -0.1) is 0 Å². The third-order valence-electron chi connectivity index (χ3n) is 3.21. The third-order valence-corrected chi connectivity index (χ3v) is 4.45. The third kappa shape index (κ3) is 3.61. The van der Waals surface area contributed by atoms with Crippen molar-refractivity contribution in [3.8, 4) is 6.01 Å². The number of nitrogens with one attached hydrogen (secondary N) is 1. The monoisotopic (exact) mass is 367 g/mol. The van der Waals surface area contributed by atoms with E-state index in [1.54, 1.807) is 13.8 Å². The maximum atomic E-state index is 13.2. The van der Waals surface area contributed by atoms with Gasteiger partial charge in [0.2, 0.25) is 0 Å². The number of ether oxygens (including phenoxy) is 1. The van der Waals surface area contributed by atoms with E-state index in [0.717, 1.165) is 11.7 Å². The van der Waals surface area contributed by atoms with E-state index in [1.165, 1.54) is 13.1 Å². The number of aromatic nitrogens is 2. The van der Waals surface area contributed by atoms with Gasteiger partial charge in [-0.3, -0.25) is 23.9 Å². The molecule has 134 valence electrons. The lowest BCUT2D eigenvalue weighted by Gasteiger charge is -2.15. The average Bonchev–Trinajstić information content (AvgIpc) is 2.83. The molecule has 1 N–H and O–H groups in total. The number of alkyl halides is 3. The molecule has 2 rings (SSSR count).